The predicted molar refractivity (Wildman–Crippen MR) is 36.2 cm³/mol. The van der Waals surface area contributed by atoms with E-state index in [1.165, 1.54) is 6.92 Å². The van der Waals surface area contributed by atoms with E-state index in [0.717, 1.165) is 10.8 Å². The monoisotopic (exact) mass is 175 g/mol. The van der Waals surface area contributed by atoms with Crippen LogP contribution in [-0.4, -0.2) is 11.0 Å². The van der Waals surface area contributed by atoms with Crippen molar-refractivity contribution in [3.63, 3.8) is 0 Å². The maximum Gasteiger partial charge on any atom is 0.295 e. The van der Waals surface area contributed by atoms with Crippen molar-refractivity contribution in [3.05, 3.63) is 24.0 Å². The molecule has 0 bridgehead atoms. The summed E-state index contributed by atoms with van der Waals surface area (Å²) < 4.78 is 30.4. The van der Waals surface area contributed by atoms with Gasteiger partial charge in [0.25, 0.3) is 6.47 Å². The molecule has 0 amide bonds. The van der Waals surface area contributed by atoms with Crippen LogP contribution in [0.3, 0.4) is 0 Å². The molecular weight excluding hydrogens is 168 g/mol. The molecule has 3 nitrogen and oxygen atoms in total. The zero-order valence-electron chi connectivity index (χ0n) is 6.33. The highest BCUT2D eigenvalue weighted by molar-refractivity contribution is 5.37. The van der Waals surface area contributed by atoms with Crippen LogP contribution in [0.25, 0.3) is 0 Å². The maximum atomic E-state index is 12.7. The molecule has 0 radical (unpaired) electrons. The third kappa shape index (κ3) is 1.61. The molecule has 1 atom stereocenters. The Hall–Kier alpha value is -1.39. The molecule has 1 aromatic rings. The van der Waals surface area contributed by atoms with Gasteiger partial charge in [-0.25, -0.2) is 4.39 Å². The van der Waals surface area contributed by atoms with Crippen LogP contribution in [0.2, 0.25) is 0 Å². The van der Waals surface area contributed by atoms with Crippen LogP contribution in [0.5, 0.6) is 0 Å². The first-order valence-corrected chi connectivity index (χ1v) is 3.27. The molecule has 0 aromatic carbocycles. The number of aromatic nitrogens is 1. The average Bonchev–Trinajstić information content (AvgIpc) is 2.30. The minimum Gasteiger partial charge on any atom is -0.444 e. The van der Waals surface area contributed by atoms with Gasteiger partial charge in [-0.05, 0) is 6.92 Å². The Morgan fingerprint density at radius 3 is 2.75 bits per heavy atom. The van der Waals surface area contributed by atoms with Crippen molar-refractivity contribution in [1.29, 1.82) is 0 Å². The van der Waals surface area contributed by atoms with Crippen LogP contribution in [0.1, 0.15) is 13.2 Å². The third-order valence-corrected chi connectivity index (χ3v) is 1.41. The lowest BCUT2D eigenvalue weighted by Gasteiger charge is -2.10. The Balaban J connectivity index is 2.85. The maximum absolute atomic E-state index is 12.7. The van der Waals surface area contributed by atoms with Crippen molar-refractivity contribution >= 4 is 6.47 Å². The molecule has 12 heavy (non-hydrogen) atoms. The molecule has 5 heteroatoms. The van der Waals surface area contributed by atoms with Gasteiger partial charge in [0.15, 0.2) is 12.2 Å². The highest BCUT2D eigenvalue weighted by atomic mass is 19.1. The molecule has 0 aliphatic rings. The minimum atomic E-state index is -0.827. The molecule has 0 aliphatic carbocycles. The number of halogens is 2. The molecule has 1 unspecified atom stereocenters. The lowest BCUT2D eigenvalue weighted by Crippen LogP contribution is -2.09. The van der Waals surface area contributed by atoms with E-state index in [9.17, 15) is 13.6 Å². The lowest BCUT2D eigenvalue weighted by molar-refractivity contribution is -0.137. The van der Waals surface area contributed by atoms with Crippen molar-refractivity contribution in [2.45, 2.75) is 13.2 Å². The van der Waals surface area contributed by atoms with Gasteiger partial charge >= 0.3 is 0 Å². The first kappa shape index (κ1) is 8.70. The Labute approximate surface area is 67.6 Å². The average molecular weight is 175 g/mol. The first-order chi connectivity index (χ1) is 5.65. The Bertz CT molecular complexity index is 285. The van der Waals surface area contributed by atoms with E-state index in [2.05, 4.69) is 4.74 Å². The molecule has 0 fully saturated rings. The van der Waals surface area contributed by atoms with Gasteiger partial charge in [-0.1, -0.05) is 0 Å². The number of hydrogen-bond acceptors (Lipinski definition) is 2. The smallest absolute Gasteiger partial charge is 0.295 e. The molecule has 0 saturated carbocycles. The van der Waals surface area contributed by atoms with E-state index in [1.807, 2.05) is 0 Å². The van der Waals surface area contributed by atoms with Gasteiger partial charge in [0.1, 0.15) is 5.82 Å². The normalized spacial score (nSPS) is 12.6. The zero-order chi connectivity index (χ0) is 9.14. The molecular formula is C7H7F2NO2. The number of nitrogens with zero attached hydrogens (tertiary/aromatic N) is 1. The molecule has 0 aliphatic heterocycles. The predicted octanol–water partition coefficient (Wildman–Crippen LogP) is 1.46. The summed E-state index contributed by atoms with van der Waals surface area (Å²) in [6.07, 6.45) is 0.0933. The van der Waals surface area contributed by atoms with Crippen molar-refractivity contribution in [2.75, 3.05) is 0 Å². The van der Waals surface area contributed by atoms with Crippen molar-refractivity contribution < 1.29 is 18.3 Å². The van der Waals surface area contributed by atoms with Crippen molar-refractivity contribution in [2.24, 2.45) is 0 Å². The van der Waals surface area contributed by atoms with Crippen LogP contribution in [0.15, 0.2) is 12.3 Å². The number of carbonyl (C=O) groups is 1. The summed E-state index contributed by atoms with van der Waals surface area (Å²) in [7, 11) is 0. The van der Waals surface area contributed by atoms with Crippen LogP contribution in [-0.2, 0) is 9.53 Å². The topological polar surface area (TPSA) is 31.2 Å². The summed E-state index contributed by atoms with van der Waals surface area (Å²) in [6.45, 7) is 1.61. The van der Waals surface area contributed by atoms with E-state index >= 15 is 0 Å². The SMILES string of the molecule is CC(OC=O)n1cc(F)cc1F. The number of ether oxygens (including phenoxy) is 1. The summed E-state index contributed by atoms with van der Waals surface area (Å²) in [5.41, 5.74) is 0. The number of hydrogen-bond donors (Lipinski definition) is 0. The van der Waals surface area contributed by atoms with Gasteiger partial charge in [-0.3, -0.25) is 9.36 Å². The fourth-order valence-corrected chi connectivity index (χ4v) is 0.845. The standard InChI is InChI=1S/C7H7F2NO2/c1-5(12-4-11)10-3-6(8)2-7(10)9/h2-5H,1H3. The molecule has 1 rings (SSSR count). The molecule has 66 valence electrons. The first-order valence-electron chi connectivity index (χ1n) is 3.27. The Kier molecular flexibility index (Phi) is 2.42. The summed E-state index contributed by atoms with van der Waals surface area (Å²) in [6, 6.07) is 0.713. The van der Waals surface area contributed by atoms with Crippen molar-refractivity contribution in [3.8, 4) is 0 Å². The minimum absolute atomic E-state index is 0.183. The lowest BCUT2D eigenvalue weighted by atomic mass is 10.6. The summed E-state index contributed by atoms with van der Waals surface area (Å²) >= 11 is 0. The van der Waals surface area contributed by atoms with E-state index in [-0.39, 0.29) is 6.47 Å². The van der Waals surface area contributed by atoms with E-state index in [1.54, 1.807) is 0 Å². The van der Waals surface area contributed by atoms with Crippen LogP contribution >= 0.6 is 0 Å². The van der Waals surface area contributed by atoms with Gasteiger partial charge in [0.2, 0.25) is 0 Å². The van der Waals surface area contributed by atoms with Gasteiger partial charge < -0.3 is 4.74 Å². The van der Waals surface area contributed by atoms with E-state index in [4.69, 9.17) is 0 Å². The third-order valence-electron chi connectivity index (χ3n) is 1.41. The second kappa shape index (κ2) is 3.34. The molecule has 0 N–H and O–H groups in total. The van der Waals surface area contributed by atoms with E-state index in [0.29, 0.717) is 6.07 Å². The fourth-order valence-electron chi connectivity index (χ4n) is 0.845. The molecule has 1 aromatic heterocycles. The van der Waals surface area contributed by atoms with Crippen molar-refractivity contribution in [1.82, 2.24) is 4.57 Å². The van der Waals surface area contributed by atoms with Gasteiger partial charge in [-0.15, -0.1) is 0 Å². The Morgan fingerprint density at radius 2 is 2.33 bits per heavy atom. The second-order valence-electron chi connectivity index (χ2n) is 2.22. The molecule has 0 saturated heterocycles. The summed E-state index contributed by atoms with van der Waals surface area (Å²) in [5.74, 6) is -1.48. The van der Waals surface area contributed by atoms with Gasteiger partial charge in [0.05, 0.1) is 0 Å². The van der Waals surface area contributed by atoms with Crippen LogP contribution in [0.4, 0.5) is 8.78 Å². The second-order valence-corrected chi connectivity index (χ2v) is 2.22. The number of rotatable bonds is 3. The van der Waals surface area contributed by atoms with Gasteiger partial charge in [0, 0.05) is 12.3 Å². The Morgan fingerprint density at radius 1 is 1.67 bits per heavy atom. The molecule has 0 spiro atoms. The highest BCUT2D eigenvalue weighted by Crippen LogP contribution is 2.12. The van der Waals surface area contributed by atoms with Gasteiger partial charge in [-0.2, -0.15) is 4.39 Å². The summed E-state index contributed by atoms with van der Waals surface area (Å²) in [5, 5.41) is 0. The van der Waals surface area contributed by atoms with E-state index < -0.39 is 18.0 Å². The fraction of sp³-hybridized carbons (Fsp3) is 0.286. The summed E-state index contributed by atoms with van der Waals surface area (Å²) in [4.78, 5) is 9.85. The van der Waals surface area contributed by atoms with Crippen LogP contribution in [0, 0.1) is 11.8 Å². The largest absolute Gasteiger partial charge is 0.444 e. The highest BCUT2D eigenvalue weighted by Gasteiger charge is 2.11. The van der Waals surface area contributed by atoms with Crippen LogP contribution < -0.4 is 0 Å². The zero-order valence-corrected chi connectivity index (χ0v) is 6.33. The molecule has 1 heterocycles. The number of carbonyl (C=O) groups excluding carboxylic acids is 1. The quantitative estimate of drug-likeness (QED) is 0.651.